The van der Waals surface area contributed by atoms with Crippen LogP contribution in [0.15, 0.2) is 44.2 Å². The molecule has 1 spiro atoms. The van der Waals surface area contributed by atoms with E-state index in [1.165, 1.54) is 31.7 Å². The highest BCUT2D eigenvalue weighted by molar-refractivity contribution is 9.10. The lowest BCUT2D eigenvalue weighted by atomic mass is 9.79. The molecule has 0 atom stereocenters. The molecule has 1 heterocycles. The van der Waals surface area contributed by atoms with Crippen LogP contribution in [0.1, 0.15) is 29.5 Å². The summed E-state index contributed by atoms with van der Waals surface area (Å²) in [6.07, 6.45) is 2.64. The van der Waals surface area contributed by atoms with Crippen molar-refractivity contribution in [2.75, 3.05) is 11.8 Å². The van der Waals surface area contributed by atoms with Crippen molar-refractivity contribution in [1.29, 1.82) is 0 Å². The molecule has 0 saturated heterocycles. The maximum atomic E-state index is 14.7. The number of fused-ring (bicyclic) bond motifs is 4. The average molecular weight is 493 g/mol. The van der Waals surface area contributed by atoms with Crippen molar-refractivity contribution in [2.24, 2.45) is 0 Å². The number of methoxy groups -OCH3 is 1. The Labute approximate surface area is 181 Å². The molecular weight excluding hydrogens is 475 g/mol. The Balaban J connectivity index is 1.61. The van der Waals surface area contributed by atoms with Crippen molar-refractivity contribution in [1.82, 2.24) is 5.16 Å². The van der Waals surface area contributed by atoms with E-state index in [0.717, 1.165) is 22.9 Å². The average Bonchev–Trinajstić information content (AvgIpc) is 3.36. The quantitative estimate of drug-likeness (QED) is 0.557. The van der Waals surface area contributed by atoms with Crippen LogP contribution in [0.25, 0.3) is 11.3 Å². The summed E-state index contributed by atoms with van der Waals surface area (Å²) in [4.78, 5) is -0.540. The van der Waals surface area contributed by atoms with E-state index in [1.54, 1.807) is 0 Å². The minimum atomic E-state index is -4.30. The van der Waals surface area contributed by atoms with E-state index in [9.17, 15) is 12.8 Å². The van der Waals surface area contributed by atoms with Crippen molar-refractivity contribution in [3.8, 4) is 17.1 Å². The van der Waals surface area contributed by atoms with Gasteiger partial charge in [-0.15, -0.1) is 0 Å². The van der Waals surface area contributed by atoms with Gasteiger partial charge < -0.3 is 9.26 Å². The number of sulfonamides is 1. The fourth-order valence-corrected chi connectivity index (χ4v) is 5.88. The number of hydrogen-bond donors (Lipinski definition) is 1. The number of rotatable bonds is 4. The highest BCUT2D eigenvalue weighted by Gasteiger charge is 2.50. The number of nitrogens with zero attached hydrogens (tertiary/aromatic N) is 1. The van der Waals surface area contributed by atoms with Crippen LogP contribution in [-0.4, -0.2) is 20.7 Å². The van der Waals surface area contributed by atoms with Crippen LogP contribution in [0.2, 0.25) is 0 Å². The number of nitrogens with one attached hydrogen (secondary N) is 1. The van der Waals surface area contributed by atoms with Crippen LogP contribution in [-0.2, 0) is 21.9 Å². The molecule has 2 aliphatic rings. The van der Waals surface area contributed by atoms with Crippen LogP contribution >= 0.6 is 15.9 Å². The van der Waals surface area contributed by atoms with Gasteiger partial charge in [-0.05, 0) is 55.5 Å². The zero-order chi connectivity index (χ0) is 21.3. The van der Waals surface area contributed by atoms with E-state index < -0.39 is 20.7 Å². The Hall–Kier alpha value is -2.39. The summed E-state index contributed by atoms with van der Waals surface area (Å²) >= 11 is 3.49. The van der Waals surface area contributed by atoms with E-state index in [-0.39, 0.29) is 22.5 Å². The number of halogens is 2. The summed E-state index contributed by atoms with van der Waals surface area (Å²) in [7, 11) is -3.00. The first kappa shape index (κ1) is 19.6. The lowest BCUT2D eigenvalue weighted by Crippen LogP contribution is -2.21. The van der Waals surface area contributed by atoms with Crippen molar-refractivity contribution >= 4 is 31.8 Å². The Morgan fingerprint density at radius 2 is 2.03 bits per heavy atom. The molecule has 6 nitrogen and oxygen atoms in total. The predicted octanol–water partition coefficient (Wildman–Crippen LogP) is 4.95. The Morgan fingerprint density at radius 1 is 1.27 bits per heavy atom. The molecule has 1 N–H and O–H groups in total. The lowest BCUT2D eigenvalue weighted by molar-refractivity contribution is 0.394. The number of aromatic nitrogens is 1. The van der Waals surface area contributed by atoms with Gasteiger partial charge in [0.2, 0.25) is 0 Å². The molecule has 3 aromatic rings. The first-order valence-electron chi connectivity index (χ1n) is 9.41. The zero-order valence-electron chi connectivity index (χ0n) is 16.3. The zero-order valence-corrected chi connectivity index (χ0v) is 18.7. The van der Waals surface area contributed by atoms with Gasteiger partial charge in [0.05, 0.1) is 7.11 Å². The fourth-order valence-electron chi connectivity index (χ4n) is 4.19. The molecule has 2 aliphatic carbocycles. The van der Waals surface area contributed by atoms with Gasteiger partial charge in [0.1, 0.15) is 11.6 Å². The van der Waals surface area contributed by atoms with Crippen LogP contribution in [0.3, 0.4) is 0 Å². The number of hydrogen-bond acceptors (Lipinski definition) is 5. The molecule has 1 fully saturated rings. The minimum Gasteiger partial charge on any atom is -0.495 e. The van der Waals surface area contributed by atoms with E-state index in [4.69, 9.17) is 9.26 Å². The maximum absolute atomic E-state index is 14.7. The van der Waals surface area contributed by atoms with E-state index in [2.05, 4.69) is 31.9 Å². The Bertz CT molecular complexity index is 1300. The van der Waals surface area contributed by atoms with E-state index >= 15 is 0 Å². The molecule has 1 saturated carbocycles. The van der Waals surface area contributed by atoms with Crippen molar-refractivity contribution in [3.05, 3.63) is 57.3 Å². The third-order valence-corrected chi connectivity index (χ3v) is 7.80. The van der Waals surface area contributed by atoms with Gasteiger partial charge in [0.15, 0.2) is 16.5 Å². The van der Waals surface area contributed by atoms with Crippen LogP contribution in [0, 0.1) is 12.7 Å². The number of aryl methyl sites for hydroxylation is 1. The van der Waals surface area contributed by atoms with E-state index in [1.807, 2.05) is 12.1 Å². The summed E-state index contributed by atoms with van der Waals surface area (Å²) < 4.78 is 54.9. The molecule has 0 bridgehead atoms. The highest BCUT2D eigenvalue weighted by atomic mass is 79.9. The summed E-state index contributed by atoms with van der Waals surface area (Å²) in [6.45, 7) is 1.50. The van der Waals surface area contributed by atoms with Gasteiger partial charge in [0, 0.05) is 21.0 Å². The monoisotopic (exact) mass is 492 g/mol. The smallest absolute Gasteiger partial charge is 0.269 e. The molecule has 156 valence electrons. The molecule has 0 aliphatic heterocycles. The Morgan fingerprint density at radius 3 is 2.73 bits per heavy atom. The fraction of sp³-hybridized carbons (Fsp3) is 0.286. The van der Waals surface area contributed by atoms with Crippen LogP contribution < -0.4 is 9.46 Å². The SMILES string of the molecule is COc1ccc(C)c(F)c1S(=O)(=O)Nc1noc2c1CC1(CC1)c1ccc(Br)cc1-2. The first-order valence-corrected chi connectivity index (χ1v) is 11.7. The summed E-state index contributed by atoms with van der Waals surface area (Å²) in [6, 6.07) is 8.93. The van der Waals surface area contributed by atoms with Gasteiger partial charge in [-0.25, -0.2) is 12.8 Å². The Kier molecular flexibility index (Phi) is 4.27. The molecule has 5 rings (SSSR count). The third kappa shape index (κ3) is 2.86. The second-order valence-corrected chi connectivity index (χ2v) is 10.4. The standard InChI is InChI=1S/C21H18BrFN2O4S/c1-11-3-6-16(28-2)19(17(11)23)30(26,27)25-20-14-10-21(7-8-21)15-5-4-12(22)9-13(15)18(14)29-24-20/h3-6,9H,7-8,10H2,1-2H3,(H,24,25). The molecule has 9 heteroatoms. The largest absolute Gasteiger partial charge is 0.495 e. The van der Waals surface area contributed by atoms with E-state index in [0.29, 0.717) is 17.7 Å². The summed E-state index contributed by atoms with van der Waals surface area (Å²) in [5.41, 5.74) is 2.96. The van der Waals surface area contributed by atoms with Gasteiger partial charge in [-0.2, -0.15) is 0 Å². The highest BCUT2D eigenvalue weighted by Crippen LogP contribution is 2.58. The number of benzene rings is 2. The number of anilines is 1. The normalized spacial score (nSPS) is 16.1. The predicted molar refractivity (Wildman–Crippen MR) is 113 cm³/mol. The molecular formula is C21H18BrFN2O4S. The molecule has 0 radical (unpaired) electrons. The van der Waals surface area contributed by atoms with Gasteiger partial charge in [-0.1, -0.05) is 33.2 Å². The van der Waals surface area contributed by atoms with Crippen molar-refractivity contribution in [3.63, 3.8) is 0 Å². The molecule has 30 heavy (non-hydrogen) atoms. The number of ether oxygens (including phenoxy) is 1. The van der Waals surface area contributed by atoms with Gasteiger partial charge in [0.25, 0.3) is 10.0 Å². The topological polar surface area (TPSA) is 81.4 Å². The van der Waals surface area contributed by atoms with Crippen molar-refractivity contribution < 1.29 is 22.1 Å². The summed E-state index contributed by atoms with van der Waals surface area (Å²) in [5, 5.41) is 3.99. The molecule has 0 unspecified atom stereocenters. The second kappa shape index (κ2) is 6.55. The minimum absolute atomic E-state index is 0.0267. The van der Waals surface area contributed by atoms with Gasteiger partial charge >= 0.3 is 0 Å². The third-order valence-electron chi connectivity index (χ3n) is 5.93. The van der Waals surface area contributed by atoms with Gasteiger partial charge in [-0.3, -0.25) is 4.72 Å². The van der Waals surface area contributed by atoms with Crippen LogP contribution in [0.4, 0.5) is 10.2 Å². The maximum Gasteiger partial charge on any atom is 0.269 e. The molecule has 2 aromatic carbocycles. The molecule has 1 aromatic heterocycles. The van der Waals surface area contributed by atoms with Crippen LogP contribution in [0.5, 0.6) is 5.75 Å². The lowest BCUT2D eigenvalue weighted by Gasteiger charge is -2.24. The summed E-state index contributed by atoms with van der Waals surface area (Å²) in [5.74, 6) is -0.300. The van der Waals surface area contributed by atoms with Crippen molar-refractivity contribution in [2.45, 2.75) is 36.5 Å². The molecule has 0 amide bonds. The first-order chi connectivity index (χ1) is 14.3. The second-order valence-electron chi connectivity index (χ2n) is 7.82.